The van der Waals surface area contributed by atoms with Crippen LogP contribution >= 0.6 is 0 Å². The standard InChI is InChI=1S/C24H25FN6O6S/c1-35-18-5-3-6-19(36-2)22(18)31-21(28-29-23(31)20-7-4-8-37-20)14-38(33,34)17-9-16(32)12-30(13-17)24-26-10-15(25)11-27-24/h3-8,10-11,16-17,32H,9,12-14H2,1-2H3/t16-,17+/m0/s1. The molecule has 1 fully saturated rings. The predicted molar refractivity (Wildman–Crippen MR) is 133 cm³/mol. The van der Waals surface area contributed by atoms with E-state index in [2.05, 4.69) is 20.2 Å². The molecular formula is C24H25FN6O6S. The number of benzene rings is 1. The lowest BCUT2D eigenvalue weighted by Gasteiger charge is -2.35. The molecule has 1 aliphatic rings. The van der Waals surface area contributed by atoms with E-state index in [-0.39, 0.29) is 37.1 Å². The van der Waals surface area contributed by atoms with Crippen molar-refractivity contribution in [1.29, 1.82) is 0 Å². The summed E-state index contributed by atoms with van der Waals surface area (Å²) in [5, 5.41) is 17.9. The molecule has 38 heavy (non-hydrogen) atoms. The average Bonchev–Trinajstić information content (AvgIpc) is 3.58. The second kappa shape index (κ2) is 10.4. The van der Waals surface area contributed by atoms with Crippen LogP contribution in [-0.2, 0) is 15.6 Å². The Morgan fingerprint density at radius 2 is 1.79 bits per heavy atom. The van der Waals surface area contributed by atoms with Gasteiger partial charge in [0.1, 0.15) is 22.9 Å². The predicted octanol–water partition coefficient (Wildman–Crippen LogP) is 2.03. The molecule has 3 aromatic heterocycles. The topological polar surface area (TPSA) is 146 Å². The van der Waals surface area contributed by atoms with E-state index in [9.17, 15) is 17.9 Å². The fourth-order valence-electron chi connectivity index (χ4n) is 4.48. The second-order valence-corrected chi connectivity index (χ2v) is 11.0. The lowest BCUT2D eigenvalue weighted by molar-refractivity contribution is 0.154. The molecule has 12 nitrogen and oxygen atoms in total. The Morgan fingerprint density at radius 3 is 2.42 bits per heavy atom. The highest BCUT2D eigenvalue weighted by Crippen LogP contribution is 2.37. The van der Waals surface area contributed by atoms with Gasteiger partial charge in [-0.1, -0.05) is 6.07 Å². The van der Waals surface area contributed by atoms with Crippen molar-refractivity contribution < 1.29 is 31.8 Å². The summed E-state index contributed by atoms with van der Waals surface area (Å²) in [6.07, 6.45) is 2.51. The number of rotatable bonds is 8. The number of β-amino-alcohol motifs (C(OH)–C–C–N with tert-alkyl or cyclic N) is 1. The van der Waals surface area contributed by atoms with Gasteiger partial charge in [0.05, 0.1) is 44.2 Å². The van der Waals surface area contributed by atoms with E-state index < -0.39 is 32.8 Å². The number of halogens is 1. The van der Waals surface area contributed by atoms with E-state index >= 15 is 0 Å². The maximum absolute atomic E-state index is 13.7. The number of sulfone groups is 1. The first kappa shape index (κ1) is 25.6. The van der Waals surface area contributed by atoms with Gasteiger partial charge in [-0.05, 0) is 30.7 Å². The van der Waals surface area contributed by atoms with Crippen LogP contribution in [0, 0.1) is 5.82 Å². The fourth-order valence-corrected chi connectivity index (χ4v) is 6.18. The minimum atomic E-state index is -3.91. The maximum Gasteiger partial charge on any atom is 0.225 e. The van der Waals surface area contributed by atoms with Gasteiger partial charge in [0, 0.05) is 13.1 Å². The number of furan rings is 1. The number of aromatic nitrogens is 5. The third-order valence-corrected chi connectivity index (χ3v) is 8.23. The highest BCUT2D eigenvalue weighted by atomic mass is 32.2. The molecule has 0 radical (unpaired) electrons. The van der Waals surface area contributed by atoms with E-state index in [4.69, 9.17) is 13.9 Å². The summed E-state index contributed by atoms with van der Waals surface area (Å²) in [7, 11) is -0.936. The molecule has 1 N–H and O–H groups in total. The van der Waals surface area contributed by atoms with Crippen molar-refractivity contribution >= 4 is 15.8 Å². The van der Waals surface area contributed by atoms with E-state index in [1.807, 2.05) is 0 Å². The Morgan fingerprint density at radius 1 is 1.08 bits per heavy atom. The minimum absolute atomic E-state index is 0.0111. The first-order valence-corrected chi connectivity index (χ1v) is 13.3. The zero-order valence-corrected chi connectivity index (χ0v) is 21.4. The number of methoxy groups -OCH3 is 2. The number of aliphatic hydroxyl groups is 1. The number of nitrogens with zero attached hydrogens (tertiary/aromatic N) is 6. The van der Waals surface area contributed by atoms with Crippen LogP contribution in [0.25, 0.3) is 17.3 Å². The third-order valence-electron chi connectivity index (χ3n) is 6.21. The Labute approximate surface area is 217 Å². The van der Waals surface area contributed by atoms with E-state index in [0.29, 0.717) is 22.9 Å². The molecule has 1 aromatic carbocycles. The number of piperidine rings is 1. The summed E-state index contributed by atoms with van der Waals surface area (Å²) >= 11 is 0. The molecule has 0 aliphatic carbocycles. The first-order valence-electron chi connectivity index (χ1n) is 11.6. The highest BCUT2D eigenvalue weighted by Gasteiger charge is 2.37. The van der Waals surface area contributed by atoms with Crippen LogP contribution in [0.15, 0.2) is 53.4 Å². The molecule has 5 rings (SSSR count). The van der Waals surface area contributed by atoms with Gasteiger partial charge in [-0.15, -0.1) is 10.2 Å². The molecule has 0 spiro atoms. The van der Waals surface area contributed by atoms with Crippen LogP contribution in [0.5, 0.6) is 11.5 Å². The van der Waals surface area contributed by atoms with Gasteiger partial charge in [0.25, 0.3) is 0 Å². The lowest BCUT2D eigenvalue weighted by atomic mass is 10.1. The molecule has 0 bridgehead atoms. The van der Waals surface area contributed by atoms with Crippen molar-refractivity contribution in [3.8, 4) is 28.8 Å². The maximum atomic E-state index is 13.7. The number of para-hydroxylation sites is 1. The summed E-state index contributed by atoms with van der Waals surface area (Å²) in [5.41, 5.74) is 0.407. The molecule has 2 atom stereocenters. The van der Waals surface area contributed by atoms with Gasteiger partial charge < -0.3 is 23.9 Å². The number of hydrogen-bond acceptors (Lipinski definition) is 11. The number of aliphatic hydroxyl groups excluding tert-OH is 1. The summed E-state index contributed by atoms with van der Waals surface area (Å²) in [6, 6.07) is 8.52. The van der Waals surface area contributed by atoms with E-state index in [1.165, 1.54) is 29.9 Å². The van der Waals surface area contributed by atoms with Crippen LogP contribution in [0.3, 0.4) is 0 Å². The Bertz CT molecular complexity index is 1490. The van der Waals surface area contributed by atoms with Crippen molar-refractivity contribution in [3.63, 3.8) is 0 Å². The van der Waals surface area contributed by atoms with Gasteiger partial charge in [-0.3, -0.25) is 4.57 Å². The molecule has 4 heterocycles. The third kappa shape index (κ3) is 4.91. The van der Waals surface area contributed by atoms with Crippen LogP contribution in [0.4, 0.5) is 10.3 Å². The number of anilines is 1. The van der Waals surface area contributed by atoms with Gasteiger partial charge in [-0.25, -0.2) is 22.8 Å². The van der Waals surface area contributed by atoms with Crippen LogP contribution in [0.2, 0.25) is 0 Å². The smallest absolute Gasteiger partial charge is 0.225 e. The second-order valence-electron chi connectivity index (χ2n) is 8.69. The summed E-state index contributed by atoms with van der Waals surface area (Å²) in [4.78, 5) is 9.39. The van der Waals surface area contributed by atoms with Crippen LogP contribution < -0.4 is 14.4 Å². The highest BCUT2D eigenvalue weighted by molar-refractivity contribution is 7.91. The zero-order chi connectivity index (χ0) is 26.9. The van der Waals surface area contributed by atoms with Crippen molar-refractivity contribution in [2.45, 2.75) is 23.5 Å². The fraction of sp³-hybridized carbons (Fsp3) is 0.333. The monoisotopic (exact) mass is 544 g/mol. The van der Waals surface area contributed by atoms with Crippen molar-refractivity contribution in [1.82, 2.24) is 24.7 Å². The Hall–Kier alpha value is -4.04. The molecule has 1 saturated heterocycles. The normalized spacial score (nSPS) is 17.9. The molecule has 200 valence electrons. The molecular weight excluding hydrogens is 519 g/mol. The SMILES string of the molecule is COc1cccc(OC)c1-n1c(CS(=O)(=O)[C@@H]2C[C@H](O)CN(c3ncc(F)cn3)C2)nnc1-c1ccco1. The quantitative estimate of drug-likeness (QED) is 0.348. The van der Waals surface area contributed by atoms with Gasteiger partial charge in [-0.2, -0.15) is 0 Å². The molecule has 0 saturated carbocycles. The van der Waals surface area contributed by atoms with E-state index in [0.717, 1.165) is 12.4 Å². The molecule has 0 unspecified atom stereocenters. The summed E-state index contributed by atoms with van der Waals surface area (Å²) in [6.45, 7) is 0.136. The van der Waals surface area contributed by atoms with Crippen molar-refractivity contribution in [3.05, 3.63) is 60.6 Å². The molecule has 0 amide bonds. The van der Waals surface area contributed by atoms with Gasteiger partial charge in [0.15, 0.2) is 27.2 Å². The molecule has 14 heteroatoms. The van der Waals surface area contributed by atoms with Gasteiger partial charge >= 0.3 is 0 Å². The van der Waals surface area contributed by atoms with Crippen LogP contribution in [0.1, 0.15) is 12.2 Å². The molecule has 4 aromatic rings. The summed E-state index contributed by atoms with van der Waals surface area (Å²) < 4.78 is 58.9. The lowest BCUT2D eigenvalue weighted by Crippen LogP contribution is -2.49. The van der Waals surface area contributed by atoms with Crippen molar-refractivity contribution in [2.75, 3.05) is 32.2 Å². The largest absolute Gasteiger partial charge is 0.494 e. The van der Waals surface area contributed by atoms with Crippen molar-refractivity contribution in [2.24, 2.45) is 0 Å². The van der Waals surface area contributed by atoms with Crippen LogP contribution in [-0.4, -0.2) is 76.9 Å². The van der Waals surface area contributed by atoms with Gasteiger partial charge in [0.2, 0.25) is 11.8 Å². The zero-order valence-electron chi connectivity index (χ0n) is 20.6. The number of ether oxygens (including phenoxy) is 2. The number of hydrogen-bond donors (Lipinski definition) is 1. The Balaban J connectivity index is 1.54. The minimum Gasteiger partial charge on any atom is -0.494 e. The summed E-state index contributed by atoms with van der Waals surface area (Å²) in [5.74, 6) is 0.545. The Kier molecular flexibility index (Phi) is 6.99. The average molecular weight is 545 g/mol. The molecule has 1 aliphatic heterocycles. The first-order chi connectivity index (χ1) is 18.3. The van der Waals surface area contributed by atoms with E-state index in [1.54, 1.807) is 30.3 Å².